The maximum atomic E-state index is 12.6. The lowest BCUT2D eigenvalue weighted by Gasteiger charge is -2.07. The standard InChI is InChI=1S/C25H16ClNO3S/c26-19-9-6-16(7-10-19)14-29-20-11-8-18-12-21(25(28)30-23(18)13-20)24-27-22(15-31-24)17-4-2-1-3-5-17/h1-13,15H,14H2. The molecule has 0 amide bonds. The number of ether oxygens (including phenoxy) is 1. The van der Waals surface area contributed by atoms with Gasteiger partial charge in [-0.1, -0.05) is 54.1 Å². The van der Waals surface area contributed by atoms with Gasteiger partial charge in [0, 0.05) is 27.4 Å². The zero-order valence-corrected chi connectivity index (χ0v) is 17.8. The van der Waals surface area contributed by atoms with Crippen LogP contribution in [-0.4, -0.2) is 4.98 Å². The van der Waals surface area contributed by atoms with Gasteiger partial charge in [0.05, 0.1) is 11.3 Å². The highest BCUT2D eigenvalue weighted by atomic mass is 35.5. The summed E-state index contributed by atoms with van der Waals surface area (Å²) in [6.45, 7) is 0.395. The van der Waals surface area contributed by atoms with Crippen LogP contribution in [0.2, 0.25) is 5.02 Å². The monoisotopic (exact) mass is 445 g/mol. The Hall–Kier alpha value is -3.41. The van der Waals surface area contributed by atoms with Crippen LogP contribution in [0.15, 0.2) is 93.5 Å². The van der Waals surface area contributed by atoms with Crippen LogP contribution < -0.4 is 10.4 Å². The molecule has 152 valence electrons. The second kappa shape index (κ2) is 8.38. The lowest BCUT2D eigenvalue weighted by molar-refractivity contribution is 0.306. The minimum Gasteiger partial charge on any atom is -0.489 e. The second-order valence-corrected chi connectivity index (χ2v) is 8.26. The molecule has 4 nitrogen and oxygen atoms in total. The molecule has 6 heteroatoms. The van der Waals surface area contributed by atoms with Crippen molar-refractivity contribution in [1.82, 2.24) is 4.98 Å². The third kappa shape index (κ3) is 4.24. The Morgan fingerprint density at radius 2 is 1.77 bits per heavy atom. The van der Waals surface area contributed by atoms with Crippen LogP contribution in [-0.2, 0) is 6.61 Å². The molecule has 0 radical (unpaired) electrons. The number of thiazole rings is 1. The number of hydrogen-bond acceptors (Lipinski definition) is 5. The Labute approximate surface area is 187 Å². The van der Waals surface area contributed by atoms with E-state index in [-0.39, 0.29) is 0 Å². The molecule has 0 unspecified atom stereocenters. The molecule has 0 aliphatic carbocycles. The highest BCUT2D eigenvalue weighted by Crippen LogP contribution is 2.29. The minimum atomic E-state index is -0.420. The number of hydrogen-bond donors (Lipinski definition) is 0. The average Bonchev–Trinajstić information content (AvgIpc) is 3.29. The Balaban J connectivity index is 1.41. The number of benzene rings is 3. The highest BCUT2D eigenvalue weighted by molar-refractivity contribution is 7.13. The second-order valence-electron chi connectivity index (χ2n) is 6.97. The van der Waals surface area contributed by atoms with Crippen molar-refractivity contribution in [3.8, 4) is 27.6 Å². The molecule has 0 bridgehead atoms. The minimum absolute atomic E-state index is 0.395. The van der Waals surface area contributed by atoms with Crippen LogP contribution >= 0.6 is 22.9 Å². The maximum Gasteiger partial charge on any atom is 0.346 e. The number of halogens is 1. The zero-order chi connectivity index (χ0) is 21.2. The summed E-state index contributed by atoms with van der Waals surface area (Å²) in [6.07, 6.45) is 0. The van der Waals surface area contributed by atoms with Gasteiger partial charge in [-0.2, -0.15) is 0 Å². The van der Waals surface area contributed by atoms with Gasteiger partial charge in [0.2, 0.25) is 0 Å². The molecule has 0 atom stereocenters. The molecule has 0 N–H and O–H groups in total. The quantitative estimate of drug-likeness (QED) is 0.278. The smallest absolute Gasteiger partial charge is 0.346 e. The number of fused-ring (bicyclic) bond motifs is 1. The van der Waals surface area contributed by atoms with Gasteiger partial charge in [-0.3, -0.25) is 0 Å². The molecule has 0 saturated heterocycles. The van der Waals surface area contributed by atoms with Crippen molar-refractivity contribution in [2.45, 2.75) is 6.61 Å². The van der Waals surface area contributed by atoms with Crippen molar-refractivity contribution in [1.29, 1.82) is 0 Å². The molecule has 3 aromatic carbocycles. The third-order valence-electron chi connectivity index (χ3n) is 4.83. The predicted octanol–water partition coefficient (Wildman–Crippen LogP) is 6.82. The van der Waals surface area contributed by atoms with E-state index in [1.54, 1.807) is 6.07 Å². The summed E-state index contributed by atoms with van der Waals surface area (Å²) >= 11 is 7.34. The van der Waals surface area contributed by atoms with E-state index in [4.69, 9.17) is 20.8 Å². The summed E-state index contributed by atoms with van der Waals surface area (Å²) in [4.78, 5) is 17.3. The van der Waals surface area contributed by atoms with E-state index < -0.39 is 5.63 Å². The fourth-order valence-corrected chi connectivity index (χ4v) is 4.17. The molecule has 2 aromatic heterocycles. The molecule has 0 saturated carbocycles. The van der Waals surface area contributed by atoms with Crippen molar-refractivity contribution >= 4 is 33.9 Å². The largest absolute Gasteiger partial charge is 0.489 e. The van der Waals surface area contributed by atoms with Crippen LogP contribution in [0.1, 0.15) is 5.56 Å². The van der Waals surface area contributed by atoms with Crippen LogP contribution in [0, 0.1) is 0 Å². The molecule has 31 heavy (non-hydrogen) atoms. The first-order chi connectivity index (χ1) is 15.2. The molecular formula is C25H16ClNO3S. The Kier molecular flexibility index (Phi) is 5.28. The summed E-state index contributed by atoms with van der Waals surface area (Å²) in [7, 11) is 0. The Morgan fingerprint density at radius 3 is 2.58 bits per heavy atom. The van der Waals surface area contributed by atoms with Gasteiger partial charge >= 0.3 is 5.63 Å². The van der Waals surface area contributed by atoms with Crippen molar-refractivity contribution < 1.29 is 9.15 Å². The Bertz CT molecular complexity index is 1410. The van der Waals surface area contributed by atoms with Gasteiger partial charge in [-0.05, 0) is 35.9 Å². The lowest BCUT2D eigenvalue weighted by Crippen LogP contribution is -2.02. The fraction of sp³-hybridized carbons (Fsp3) is 0.0400. The van der Waals surface area contributed by atoms with Gasteiger partial charge in [-0.15, -0.1) is 11.3 Å². The number of aromatic nitrogens is 1. The first-order valence-corrected chi connectivity index (χ1v) is 10.9. The number of nitrogens with zero attached hydrogens (tertiary/aromatic N) is 1. The van der Waals surface area contributed by atoms with Crippen molar-refractivity contribution in [2.75, 3.05) is 0 Å². The molecule has 5 aromatic rings. The van der Waals surface area contributed by atoms with E-state index in [0.717, 1.165) is 22.2 Å². The topological polar surface area (TPSA) is 52.3 Å². The first-order valence-electron chi connectivity index (χ1n) is 9.62. The van der Waals surface area contributed by atoms with E-state index in [0.29, 0.717) is 33.5 Å². The SMILES string of the molecule is O=c1oc2cc(OCc3ccc(Cl)cc3)ccc2cc1-c1nc(-c2ccccc2)cs1. The number of rotatable bonds is 5. The van der Waals surface area contributed by atoms with Gasteiger partial charge in [0.1, 0.15) is 22.9 Å². The van der Waals surface area contributed by atoms with Crippen molar-refractivity contribution in [3.63, 3.8) is 0 Å². The summed E-state index contributed by atoms with van der Waals surface area (Å²) in [5.41, 5.74) is 3.36. The van der Waals surface area contributed by atoms with Gasteiger partial charge in [0.15, 0.2) is 0 Å². The summed E-state index contributed by atoms with van der Waals surface area (Å²) in [6, 6.07) is 24.6. The van der Waals surface area contributed by atoms with E-state index >= 15 is 0 Å². The zero-order valence-electron chi connectivity index (χ0n) is 16.2. The van der Waals surface area contributed by atoms with E-state index in [1.165, 1.54) is 11.3 Å². The van der Waals surface area contributed by atoms with E-state index in [1.807, 2.05) is 78.2 Å². The molecule has 0 aliphatic rings. The molecule has 2 heterocycles. The third-order valence-corrected chi connectivity index (χ3v) is 5.96. The fourth-order valence-electron chi connectivity index (χ4n) is 3.22. The van der Waals surface area contributed by atoms with E-state index in [9.17, 15) is 4.79 Å². The van der Waals surface area contributed by atoms with Gasteiger partial charge < -0.3 is 9.15 Å². The van der Waals surface area contributed by atoms with Gasteiger partial charge in [0.25, 0.3) is 0 Å². The molecular weight excluding hydrogens is 430 g/mol. The van der Waals surface area contributed by atoms with Crippen LogP contribution in [0.3, 0.4) is 0 Å². The molecule has 5 rings (SSSR count). The van der Waals surface area contributed by atoms with Crippen molar-refractivity contribution in [2.24, 2.45) is 0 Å². The van der Waals surface area contributed by atoms with Crippen LogP contribution in [0.5, 0.6) is 5.75 Å². The Morgan fingerprint density at radius 1 is 0.968 bits per heavy atom. The highest BCUT2D eigenvalue weighted by Gasteiger charge is 2.13. The van der Waals surface area contributed by atoms with E-state index in [2.05, 4.69) is 4.98 Å². The molecule has 0 spiro atoms. The summed E-state index contributed by atoms with van der Waals surface area (Å²) < 4.78 is 11.4. The summed E-state index contributed by atoms with van der Waals surface area (Å²) in [5, 5.41) is 4.08. The molecule has 0 aliphatic heterocycles. The van der Waals surface area contributed by atoms with Crippen LogP contribution in [0.4, 0.5) is 0 Å². The average molecular weight is 446 g/mol. The lowest BCUT2D eigenvalue weighted by atomic mass is 10.1. The first kappa shape index (κ1) is 19.5. The summed E-state index contributed by atoms with van der Waals surface area (Å²) in [5.74, 6) is 0.624. The van der Waals surface area contributed by atoms with Gasteiger partial charge in [-0.25, -0.2) is 9.78 Å². The predicted molar refractivity (Wildman–Crippen MR) is 125 cm³/mol. The normalized spacial score (nSPS) is 11.0. The maximum absolute atomic E-state index is 12.6. The van der Waals surface area contributed by atoms with Crippen molar-refractivity contribution in [3.05, 3.63) is 105 Å². The molecule has 0 fully saturated rings. The van der Waals surface area contributed by atoms with Crippen LogP contribution in [0.25, 0.3) is 32.8 Å².